The van der Waals surface area contributed by atoms with Crippen LogP contribution in [-0.4, -0.2) is 47.5 Å². The average molecular weight is 306 g/mol. The molecule has 1 heterocycles. The van der Waals surface area contributed by atoms with Crippen molar-refractivity contribution in [1.82, 2.24) is 4.90 Å². The van der Waals surface area contributed by atoms with E-state index in [9.17, 15) is 14.4 Å². The molecule has 22 heavy (non-hydrogen) atoms. The minimum atomic E-state index is -0.948. The van der Waals surface area contributed by atoms with Gasteiger partial charge in [0, 0.05) is 24.6 Å². The standard InChI is InChI=1S/C15H18N2O5/c16-14(19)11-1-3-12(4-2-11)22-9-13(18)10-5-7-17(8-6-10)15(20)21/h1-4,10H,5-9H2,(H2,16,19)(H,20,21). The summed E-state index contributed by atoms with van der Waals surface area (Å²) in [5, 5.41) is 8.86. The van der Waals surface area contributed by atoms with Crippen LogP contribution in [-0.2, 0) is 4.79 Å². The fourth-order valence-electron chi connectivity index (χ4n) is 2.38. The van der Waals surface area contributed by atoms with Crippen LogP contribution in [0.4, 0.5) is 4.79 Å². The molecule has 1 fully saturated rings. The fourth-order valence-corrected chi connectivity index (χ4v) is 2.38. The molecule has 7 heteroatoms. The van der Waals surface area contributed by atoms with Gasteiger partial charge in [0.05, 0.1) is 0 Å². The number of nitrogens with two attached hydrogens (primary N) is 1. The van der Waals surface area contributed by atoms with E-state index in [2.05, 4.69) is 0 Å². The first-order valence-corrected chi connectivity index (χ1v) is 7.00. The second-order valence-electron chi connectivity index (χ2n) is 5.19. The molecule has 3 N–H and O–H groups in total. The van der Waals surface area contributed by atoms with E-state index in [4.69, 9.17) is 15.6 Å². The van der Waals surface area contributed by atoms with Gasteiger partial charge in [-0.2, -0.15) is 0 Å². The molecule has 118 valence electrons. The van der Waals surface area contributed by atoms with Crippen molar-refractivity contribution in [2.45, 2.75) is 12.8 Å². The molecule has 0 spiro atoms. The Morgan fingerprint density at radius 2 is 1.77 bits per heavy atom. The maximum absolute atomic E-state index is 12.1. The van der Waals surface area contributed by atoms with E-state index in [-0.39, 0.29) is 18.3 Å². The maximum Gasteiger partial charge on any atom is 0.407 e. The molecule has 0 saturated carbocycles. The molecule has 2 amide bonds. The Labute approximate surface area is 127 Å². The molecule has 1 saturated heterocycles. The lowest BCUT2D eigenvalue weighted by molar-refractivity contribution is -0.126. The normalized spacial score (nSPS) is 15.4. The Morgan fingerprint density at radius 3 is 2.27 bits per heavy atom. The van der Waals surface area contributed by atoms with Crippen LogP contribution in [0.2, 0.25) is 0 Å². The molecule has 0 unspecified atom stereocenters. The Morgan fingerprint density at radius 1 is 1.18 bits per heavy atom. The highest BCUT2D eigenvalue weighted by Crippen LogP contribution is 2.19. The van der Waals surface area contributed by atoms with Gasteiger partial charge in [-0.25, -0.2) is 4.79 Å². The average Bonchev–Trinajstić information content (AvgIpc) is 2.53. The third kappa shape index (κ3) is 3.97. The summed E-state index contributed by atoms with van der Waals surface area (Å²) in [6, 6.07) is 6.24. The number of Topliss-reactive ketones (excluding diaryl/α,β-unsaturated/α-hetero) is 1. The minimum absolute atomic E-state index is 0.0379. The van der Waals surface area contributed by atoms with Gasteiger partial charge in [-0.3, -0.25) is 9.59 Å². The van der Waals surface area contributed by atoms with Crippen LogP contribution in [0.3, 0.4) is 0 Å². The molecular weight excluding hydrogens is 288 g/mol. The topological polar surface area (TPSA) is 110 Å². The Balaban J connectivity index is 1.80. The number of carbonyl (C=O) groups excluding carboxylic acids is 2. The Hall–Kier alpha value is -2.57. The first-order valence-electron chi connectivity index (χ1n) is 7.00. The summed E-state index contributed by atoms with van der Waals surface area (Å²) in [6.07, 6.45) is 0.0983. The van der Waals surface area contributed by atoms with E-state index in [1.54, 1.807) is 12.1 Å². The molecule has 0 radical (unpaired) electrons. The van der Waals surface area contributed by atoms with Crippen molar-refractivity contribution in [2.24, 2.45) is 11.7 Å². The van der Waals surface area contributed by atoms with Crippen LogP contribution < -0.4 is 10.5 Å². The van der Waals surface area contributed by atoms with Crippen LogP contribution >= 0.6 is 0 Å². The largest absolute Gasteiger partial charge is 0.486 e. The lowest BCUT2D eigenvalue weighted by Crippen LogP contribution is -2.40. The number of hydrogen-bond acceptors (Lipinski definition) is 4. The predicted molar refractivity (Wildman–Crippen MR) is 77.8 cm³/mol. The van der Waals surface area contributed by atoms with Gasteiger partial charge in [-0.1, -0.05) is 0 Å². The van der Waals surface area contributed by atoms with Gasteiger partial charge in [-0.05, 0) is 37.1 Å². The van der Waals surface area contributed by atoms with Crippen LogP contribution in [0.15, 0.2) is 24.3 Å². The maximum atomic E-state index is 12.1. The summed E-state index contributed by atoms with van der Waals surface area (Å²) in [6.45, 7) is 0.686. The molecule has 1 aliphatic heterocycles. The highest BCUT2D eigenvalue weighted by atomic mass is 16.5. The monoisotopic (exact) mass is 306 g/mol. The fraction of sp³-hybridized carbons (Fsp3) is 0.400. The molecule has 1 aromatic carbocycles. The molecule has 7 nitrogen and oxygen atoms in total. The second-order valence-corrected chi connectivity index (χ2v) is 5.19. The number of ether oxygens (including phenoxy) is 1. The van der Waals surface area contributed by atoms with Crippen LogP contribution in [0.5, 0.6) is 5.75 Å². The zero-order valence-corrected chi connectivity index (χ0v) is 12.0. The summed E-state index contributed by atoms with van der Waals surface area (Å²) < 4.78 is 5.40. The summed E-state index contributed by atoms with van der Waals surface area (Å²) in [5.41, 5.74) is 5.51. The summed E-state index contributed by atoms with van der Waals surface area (Å²) in [7, 11) is 0. The van der Waals surface area contributed by atoms with E-state index in [1.165, 1.54) is 17.0 Å². The second kappa shape index (κ2) is 6.93. The molecule has 0 aromatic heterocycles. The molecule has 0 aliphatic carbocycles. The highest BCUT2D eigenvalue weighted by Gasteiger charge is 2.27. The van der Waals surface area contributed by atoms with Crippen molar-refractivity contribution in [3.8, 4) is 5.75 Å². The van der Waals surface area contributed by atoms with Crippen molar-refractivity contribution in [1.29, 1.82) is 0 Å². The van der Waals surface area contributed by atoms with Crippen molar-refractivity contribution >= 4 is 17.8 Å². The number of likely N-dealkylation sites (tertiary alicyclic amines) is 1. The van der Waals surface area contributed by atoms with Crippen molar-refractivity contribution in [2.75, 3.05) is 19.7 Å². The lowest BCUT2D eigenvalue weighted by atomic mass is 9.93. The van der Waals surface area contributed by atoms with E-state index < -0.39 is 12.0 Å². The molecular formula is C15H18N2O5. The van der Waals surface area contributed by atoms with E-state index in [0.717, 1.165) is 0 Å². The number of carbonyl (C=O) groups is 3. The number of amides is 2. The van der Waals surface area contributed by atoms with Gasteiger partial charge in [0.25, 0.3) is 0 Å². The number of benzene rings is 1. The number of nitrogens with zero attached hydrogens (tertiary/aromatic N) is 1. The van der Waals surface area contributed by atoms with Crippen LogP contribution in [0.1, 0.15) is 23.2 Å². The van der Waals surface area contributed by atoms with Crippen molar-refractivity contribution in [3.63, 3.8) is 0 Å². The summed E-state index contributed by atoms with van der Waals surface area (Å²) in [5.74, 6) is -0.237. The number of ketones is 1. The van der Waals surface area contributed by atoms with Gasteiger partial charge in [0.15, 0.2) is 5.78 Å². The molecule has 0 atom stereocenters. The van der Waals surface area contributed by atoms with Crippen LogP contribution in [0, 0.1) is 5.92 Å². The highest BCUT2D eigenvalue weighted by molar-refractivity contribution is 5.92. The number of primary amides is 1. The SMILES string of the molecule is NC(=O)c1ccc(OCC(=O)C2CCN(C(=O)O)CC2)cc1. The molecule has 1 aromatic rings. The Bertz CT molecular complexity index is 562. The van der Waals surface area contributed by atoms with Gasteiger partial charge in [0.1, 0.15) is 12.4 Å². The minimum Gasteiger partial charge on any atom is -0.486 e. The number of rotatable bonds is 5. The molecule has 0 bridgehead atoms. The van der Waals surface area contributed by atoms with E-state index >= 15 is 0 Å². The Kier molecular flexibility index (Phi) is 4.98. The van der Waals surface area contributed by atoms with Crippen molar-refractivity contribution in [3.05, 3.63) is 29.8 Å². The summed E-state index contributed by atoms with van der Waals surface area (Å²) in [4.78, 5) is 35.1. The van der Waals surface area contributed by atoms with E-state index in [1.807, 2.05) is 0 Å². The third-order valence-electron chi connectivity index (χ3n) is 3.74. The predicted octanol–water partition coefficient (Wildman–Crippen LogP) is 1.12. The number of hydrogen-bond donors (Lipinski definition) is 2. The van der Waals surface area contributed by atoms with Gasteiger partial charge in [-0.15, -0.1) is 0 Å². The zero-order valence-electron chi connectivity index (χ0n) is 12.0. The van der Waals surface area contributed by atoms with Gasteiger partial charge >= 0.3 is 6.09 Å². The van der Waals surface area contributed by atoms with Crippen molar-refractivity contribution < 1.29 is 24.2 Å². The number of piperidine rings is 1. The lowest BCUT2D eigenvalue weighted by Gasteiger charge is -2.29. The zero-order chi connectivity index (χ0) is 16.1. The first kappa shape index (κ1) is 15.8. The first-order chi connectivity index (χ1) is 10.5. The summed E-state index contributed by atoms with van der Waals surface area (Å²) >= 11 is 0. The smallest absolute Gasteiger partial charge is 0.407 e. The van der Waals surface area contributed by atoms with Gasteiger partial charge < -0.3 is 20.5 Å². The van der Waals surface area contributed by atoms with Gasteiger partial charge in [0.2, 0.25) is 5.91 Å². The quantitative estimate of drug-likeness (QED) is 0.847. The van der Waals surface area contributed by atoms with Crippen LogP contribution in [0.25, 0.3) is 0 Å². The number of carboxylic acid groups (broad SMARTS) is 1. The third-order valence-corrected chi connectivity index (χ3v) is 3.74. The van der Waals surface area contributed by atoms with E-state index in [0.29, 0.717) is 37.2 Å². The molecule has 1 aliphatic rings. The molecule has 2 rings (SSSR count).